The van der Waals surface area contributed by atoms with Gasteiger partial charge in [0.15, 0.2) is 5.16 Å². The van der Waals surface area contributed by atoms with Crippen LogP contribution in [0, 0.1) is 0 Å². The van der Waals surface area contributed by atoms with Crippen LogP contribution in [0.2, 0.25) is 0 Å². The van der Waals surface area contributed by atoms with Crippen LogP contribution in [-0.2, 0) is 27.8 Å². The van der Waals surface area contributed by atoms with Gasteiger partial charge in [-0.25, -0.2) is 13.4 Å². The van der Waals surface area contributed by atoms with Crippen LogP contribution in [0.4, 0.5) is 5.69 Å². The molecule has 5 rings (SSSR count). The minimum atomic E-state index is -3.47. The van der Waals surface area contributed by atoms with Gasteiger partial charge in [0.05, 0.1) is 21.7 Å². The van der Waals surface area contributed by atoms with Gasteiger partial charge in [0, 0.05) is 31.9 Å². The zero-order chi connectivity index (χ0) is 23.0. The number of rotatable bonds is 6. The highest BCUT2D eigenvalue weighted by atomic mass is 32.2. The summed E-state index contributed by atoms with van der Waals surface area (Å²) >= 11 is 1.45. The van der Waals surface area contributed by atoms with E-state index in [2.05, 4.69) is 11.5 Å². The third-order valence-electron chi connectivity index (χ3n) is 6.46. The number of benzene rings is 2. The third kappa shape index (κ3) is 4.18. The molecule has 0 bridgehead atoms. The molecule has 0 saturated carbocycles. The molecular formula is C24H28N4O3S2. The maximum atomic E-state index is 13.1. The smallest absolute Gasteiger partial charge is 0.243 e. The number of carbonyl (C=O) groups excluding carboxylic acids is 1. The normalized spacial score (nSPS) is 16.9. The number of imidazole rings is 1. The molecule has 3 heterocycles. The van der Waals surface area contributed by atoms with Gasteiger partial charge in [-0.05, 0) is 62.1 Å². The Balaban J connectivity index is 1.31. The van der Waals surface area contributed by atoms with Crippen molar-refractivity contribution in [3.8, 4) is 0 Å². The molecule has 9 heteroatoms. The predicted molar refractivity (Wildman–Crippen MR) is 131 cm³/mol. The van der Waals surface area contributed by atoms with Crippen LogP contribution in [0.3, 0.4) is 0 Å². The molecule has 0 unspecified atom stereocenters. The standard InChI is InChI=1S/C24H28N4O3S2/c1-2-27-22-9-5-4-8-20(22)25-24(27)32-17-23(29)28-15-12-18-16-19(10-11-21(18)28)33(30,31)26-13-6-3-7-14-26/h4-5,8-11,16H,2-3,6-7,12-15,17H2,1H3. The van der Waals surface area contributed by atoms with Crippen LogP contribution in [0.1, 0.15) is 31.7 Å². The van der Waals surface area contributed by atoms with Gasteiger partial charge >= 0.3 is 0 Å². The van der Waals surface area contributed by atoms with Gasteiger partial charge < -0.3 is 9.47 Å². The fraction of sp³-hybridized carbons (Fsp3) is 0.417. The Hall–Kier alpha value is -2.36. The van der Waals surface area contributed by atoms with Crippen molar-refractivity contribution in [3.05, 3.63) is 48.0 Å². The summed E-state index contributed by atoms with van der Waals surface area (Å²) < 4.78 is 29.8. The van der Waals surface area contributed by atoms with Gasteiger partial charge in [0.25, 0.3) is 0 Å². The lowest BCUT2D eigenvalue weighted by Crippen LogP contribution is -2.35. The van der Waals surface area contributed by atoms with Crippen LogP contribution in [0.5, 0.6) is 0 Å². The molecule has 2 aromatic carbocycles. The Morgan fingerprint density at radius 1 is 1.06 bits per heavy atom. The van der Waals surface area contributed by atoms with Crippen molar-refractivity contribution in [1.29, 1.82) is 0 Å². The van der Waals surface area contributed by atoms with Crippen molar-refractivity contribution in [3.63, 3.8) is 0 Å². The monoisotopic (exact) mass is 484 g/mol. The SMILES string of the molecule is CCn1c(SCC(=O)N2CCc3cc(S(=O)(=O)N4CCCCC4)ccc32)nc2ccccc21. The van der Waals surface area contributed by atoms with E-state index in [1.165, 1.54) is 11.8 Å². The second-order valence-corrected chi connectivity index (χ2v) is 11.3. The fourth-order valence-corrected chi connectivity index (χ4v) is 7.25. The second kappa shape index (κ2) is 9.12. The van der Waals surface area contributed by atoms with Gasteiger partial charge in [0.2, 0.25) is 15.9 Å². The van der Waals surface area contributed by atoms with Gasteiger partial charge in [0.1, 0.15) is 0 Å². The molecule has 2 aliphatic heterocycles. The van der Waals surface area contributed by atoms with E-state index in [1.807, 2.05) is 24.3 Å². The summed E-state index contributed by atoms with van der Waals surface area (Å²) in [4.78, 5) is 19.9. The number of aryl methyl sites for hydroxylation is 1. The highest BCUT2D eigenvalue weighted by Gasteiger charge is 2.30. The van der Waals surface area contributed by atoms with Crippen LogP contribution >= 0.6 is 11.8 Å². The molecule has 0 spiro atoms. The Morgan fingerprint density at radius 2 is 1.85 bits per heavy atom. The summed E-state index contributed by atoms with van der Waals surface area (Å²) in [6.45, 7) is 4.61. The number of hydrogen-bond acceptors (Lipinski definition) is 5. The van der Waals surface area contributed by atoms with Gasteiger partial charge in [-0.3, -0.25) is 4.79 Å². The number of amides is 1. The zero-order valence-corrected chi connectivity index (χ0v) is 20.4. The molecule has 7 nitrogen and oxygen atoms in total. The largest absolute Gasteiger partial charge is 0.319 e. The van der Waals surface area contributed by atoms with Gasteiger partial charge in [-0.1, -0.05) is 30.3 Å². The summed E-state index contributed by atoms with van der Waals surface area (Å²) in [7, 11) is -3.47. The minimum absolute atomic E-state index is 0.0140. The number of carbonyl (C=O) groups is 1. The fourth-order valence-electron chi connectivity index (χ4n) is 4.73. The summed E-state index contributed by atoms with van der Waals surface area (Å²) in [6.07, 6.45) is 3.58. The maximum absolute atomic E-state index is 13.1. The summed E-state index contributed by atoms with van der Waals surface area (Å²) in [6, 6.07) is 13.2. The average molecular weight is 485 g/mol. The zero-order valence-electron chi connectivity index (χ0n) is 18.7. The van der Waals surface area contributed by atoms with Crippen molar-refractivity contribution >= 4 is 44.4 Å². The second-order valence-electron chi connectivity index (χ2n) is 8.47. The topological polar surface area (TPSA) is 75.5 Å². The highest BCUT2D eigenvalue weighted by Crippen LogP contribution is 2.33. The molecule has 0 atom stereocenters. The maximum Gasteiger partial charge on any atom is 0.243 e. The minimum Gasteiger partial charge on any atom is -0.319 e. The summed E-state index contributed by atoms with van der Waals surface area (Å²) in [5, 5.41) is 0.842. The molecule has 3 aromatic rings. The number of aromatic nitrogens is 2. The summed E-state index contributed by atoms with van der Waals surface area (Å²) in [5.41, 5.74) is 3.75. The van der Waals surface area contributed by atoms with Crippen LogP contribution in [-0.4, -0.2) is 53.6 Å². The van der Waals surface area contributed by atoms with E-state index in [0.29, 0.717) is 31.0 Å². The molecule has 1 saturated heterocycles. The lowest BCUT2D eigenvalue weighted by Gasteiger charge is -2.26. The van der Waals surface area contributed by atoms with Crippen molar-refractivity contribution in [2.24, 2.45) is 0 Å². The number of hydrogen-bond donors (Lipinski definition) is 0. The Kier molecular flexibility index (Phi) is 6.20. The van der Waals surface area contributed by atoms with Crippen LogP contribution in [0.25, 0.3) is 11.0 Å². The van der Waals surface area contributed by atoms with E-state index < -0.39 is 10.0 Å². The molecule has 1 fully saturated rings. The predicted octanol–water partition coefficient (Wildman–Crippen LogP) is 3.91. The number of anilines is 1. The van der Waals surface area contributed by atoms with Crippen molar-refractivity contribution < 1.29 is 13.2 Å². The van der Waals surface area contributed by atoms with Gasteiger partial charge in [-0.2, -0.15) is 4.31 Å². The van der Waals surface area contributed by atoms with E-state index in [-0.39, 0.29) is 11.7 Å². The number of nitrogens with zero attached hydrogens (tertiary/aromatic N) is 4. The quantitative estimate of drug-likeness (QED) is 0.496. The first kappa shape index (κ1) is 22.4. The number of para-hydroxylation sites is 2. The van der Waals surface area contributed by atoms with Crippen molar-refractivity contribution in [2.45, 2.75) is 49.2 Å². The van der Waals surface area contributed by atoms with Crippen LogP contribution < -0.4 is 4.90 Å². The lowest BCUT2D eigenvalue weighted by atomic mass is 10.2. The molecular weight excluding hydrogens is 456 g/mol. The Morgan fingerprint density at radius 3 is 2.64 bits per heavy atom. The number of sulfonamides is 1. The Labute approximate surface area is 198 Å². The number of thioether (sulfide) groups is 1. The Bertz CT molecular complexity index is 1300. The molecule has 0 radical (unpaired) electrons. The molecule has 1 amide bonds. The highest BCUT2D eigenvalue weighted by molar-refractivity contribution is 7.99. The molecule has 2 aliphatic rings. The molecule has 1 aromatic heterocycles. The van der Waals surface area contributed by atoms with E-state index >= 15 is 0 Å². The van der Waals surface area contributed by atoms with Crippen LogP contribution in [0.15, 0.2) is 52.5 Å². The first-order valence-corrected chi connectivity index (χ1v) is 13.9. The van der Waals surface area contributed by atoms with E-state index in [9.17, 15) is 13.2 Å². The first-order chi connectivity index (χ1) is 16.0. The molecule has 0 aliphatic carbocycles. The molecule has 174 valence electrons. The molecule has 0 N–H and O–H groups in total. The first-order valence-electron chi connectivity index (χ1n) is 11.5. The summed E-state index contributed by atoms with van der Waals surface area (Å²) in [5.74, 6) is 0.302. The number of piperidine rings is 1. The third-order valence-corrected chi connectivity index (χ3v) is 9.32. The number of fused-ring (bicyclic) bond motifs is 2. The van der Waals surface area contributed by atoms with Crippen molar-refractivity contribution in [2.75, 3.05) is 30.3 Å². The van der Waals surface area contributed by atoms with E-state index in [4.69, 9.17) is 4.98 Å². The van der Waals surface area contributed by atoms with E-state index in [1.54, 1.807) is 27.4 Å². The lowest BCUT2D eigenvalue weighted by molar-refractivity contribution is -0.116. The average Bonchev–Trinajstić information content (AvgIpc) is 3.43. The van der Waals surface area contributed by atoms with E-state index in [0.717, 1.165) is 53.2 Å². The van der Waals surface area contributed by atoms with Gasteiger partial charge in [-0.15, -0.1) is 0 Å². The van der Waals surface area contributed by atoms with Crippen molar-refractivity contribution in [1.82, 2.24) is 13.9 Å². The molecule has 33 heavy (non-hydrogen) atoms.